The minimum atomic E-state index is -5.27. The Morgan fingerprint density at radius 3 is 2.33 bits per heavy atom. The molecule has 160 valence electrons. The van der Waals surface area contributed by atoms with E-state index in [-0.39, 0.29) is 61.9 Å². The highest BCUT2D eigenvalue weighted by molar-refractivity contribution is 14.0. The average Bonchev–Trinajstić information content (AvgIpc) is 2.59. The van der Waals surface area contributed by atoms with Gasteiger partial charge in [-0.15, -0.1) is 24.0 Å². The van der Waals surface area contributed by atoms with Gasteiger partial charge in [0.1, 0.15) is 0 Å². The molecule has 0 aromatic heterocycles. The van der Waals surface area contributed by atoms with E-state index in [1.165, 1.54) is 7.11 Å². The van der Waals surface area contributed by atoms with Crippen molar-refractivity contribution in [3.8, 4) is 0 Å². The van der Waals surface area contributed by atoms with Crippen molar-refractivity contribution in [3.63, 3.8) is 0 Å². The van der Waals surface area contributed by atoms with E-state index in [1.54, 1.807) is 7.05 Å². The number of unbranched alkanes of at least 4 members (excludes halogenated alkanes) is 1. The topological polar surface area (TPSA) is 100 Å². The maximum Gasteiger partial charge on any atom is 0.511 e. The molecular formula is C14H26F3IN4O4S. The van der Waals surface area contributed by atoms with Gasteiger partial charge < -0.3 is 15.4 Å². The van der Waals surface area contributed by atoms with Crippen molar-refractivity contribution in [1.29, 1.82) is 0 Å². The average molecular weight is 530 g/mol. The van der Waals surface area contributed by atoms with Gasteiger partial charge in [-0.2, -0.15) is 17.5 Å². The molecule has 0 spiro atoms. The fraction of sp³-hybridized carbons (Fsp3) is 0.857. The molecule has 13 heteroatoms. The summed E-state index contributed by atoms with van der Waals surface area (Å²) in [5.41, 5.74) is -5.27. The highest BCUT2D eigenvalue weighted by Gasteiger charge is 2.50. The Morgan fingerprint density at radius 1 is 1.26 bits per heavy atom. The Kier molecular flexibility index (Phi) is 11.5. The predicted octanol–water partition coefficient (Wildman–Crippen LogP) is 1.43. The molecule has 0 atom stereocenters. The molecule has 1 aliphatic heterocycles. The summed E-state index contributed by atoms with van der Waals surface area (Å²) in [6.45, 7) is 0.170. The van der Waals surface area contributed by atoms with Crippen LogP contribution in [0.1, 0.15) is 32.1 Å². The van der Waals surface area contributed by atoms with Gasteiger partial charge in [0, 0.05) is 39.1 Å². The highest BCUT2D eigenvalue weighted by Crippen LogP contribution is 2.28. The minimum Gasteiger partial charge on any atom is -0.469 e. The van der Waals surface area contributed by atoms with Crippen molar-refractivity contribution in [1.82, 2.24) is 14.9 Å². The lowest BCUT2D eigenvalue weighted by Crippen LogP contribution is -2.51. The molecule has 0 amide bonds. The summed E-state index contributed by atoms with van der Waals surface area (Å²) < 4.78 is 65.4. The Balaban J connectivity index is 0.00000676. The number of esters is 1. The van der Waals surface area contributed by atoms with Crippen LogP contribution in [0.3, 0.4) is 0 Å². The third kappa shape index (κ3) is 8.37. The Labute approximate surface area is 174 Å². The maximum absolute atomic E-state index is 12.6. The van der Waals surface area contributed by atoms with Gasteiger partial charge in [0.25, 0.3) is 0 Å². The second-order valence-corrected chi connectivity index (χ2v) is 7.73. The van der Waals surface area contributed by atoms with Crippen LogP contribution in [0.5, 0.6) is 0 Å². The van der Waals surface area contributed by atoms with Crippen molar-refractivity contribution >= 4 is 45.9 Å². The van der Waals surface area contributed by atoms with Crippen LogP contribution < -0.4 is 10.6 Å². The predicted molar refractivity (Wildman–Crippen MR) is 105 cm³/mol. The zero-order valence-corrected chi connectivity index (χ0v) is 18.4. The number of alkyl halides is 3. The standard InChI is InChI=1S/C14H25F3N4O4S.HI/c1-18-13(19-8-4-3-5-12(22)25-2)20-11-6-9-21(10-7-11)26(23,24)14(15,16)17;/h11H,3-10H2,1-2H3,(H2,18,19,20);1H. The molecule has 1 saturated heterocycles. The van der Waals surface area contributed by atoms with E-state index in [2.05, 4.69) is 20.4 Å². The van der Waals surface area contributed by atoms with E-state index in [0.717, 1.165) is 6.42 Å². The van der Waals surface area contributed by atoms with Crippen LogP contribution >= 0.6 is 24.0 Å². The summed E-state index contributed by atoms with van der Waals surface area (Å²) in [5.74, 6) is 0.216. The first-order valence-electron chi connectivity index (χ1n) is 8.22. The first-order valence-corrected chi connectivity index (χ1v) is 9.66. The third-order valence-electron chi connectivity index (χ3n) is 3.98. The van der Waals surface area contributed by atoms with Crippen molar-refractivity contribution in [3.05, 3.63) is 0 Å². The Morgan fingerprint density at radius 2 is 1.85 bits per heavy atom. The lowest BCUT2D eigenvalue weighted by atomic mass is 10.1. The smallest absolute Gasteiger partial charge is 0.469 e. The number of methoxy groups -OCH3 is 1. The normalized spacial score (nSPS) is 17.1. The molecule has 0 aromatic carbocycles. The SMILES string of the molecule is CN=C(NCCCCC(=O)OC)NC1CCN(S(=O)(=O)C(F)(F)F)CC1.I. The highest BCUT2D eigenvalue weighted by atomic mass is 127. The molecule has 0 aromatic rings. The molecule has 8 nitrogen and oxygen atoms in total. The minimum absolute atomic E-state index is 0. The van der Waals surface area contributed by atoms with Crippen LogP contribution in [-0.2, 0) is 19.6 Å². The zero-order valence-electron chi connectivity index (χ0n) is 15.2. The number of piperidine rings is 1. The molecular weight excluding hydrogens is 504 g/mol. The van der Waals surface area contributed by atoms with Gasteiger partial charge in [-0.3, -0.25) is 9.79 Å². The fourth-order valence-electron chi connectivity index (χ4n) is 2.48. The van der Waals surface area contributed by atoms with Gasteiger partial charge >= 0.3 is 21.5 Å². The van der Waals surface area contributed by atoms with Crippen LogP contribution in [0.4, 0.5) is 13.2 Å². The van der Waals surface area contributed by atoms with Gasteiger partial charge in [0.2, 0.25) is 0 Å². The summed E-state index contributed by atoms with van der Waals surface area (Å²) in [5, 5.41) is 6.12. The fourth-order valence-corrected chi connectivity index (χ4v) is 3.46. The summed E-state index contributed by atoms with van der Waals surface area (Å²) in [7, 11) is -2.37. The number of nitrogens with one attached hydrogen (secondary N) is 2. The molecule has 2 N–H and O–H groups in total. The molecule has 1 aliphatic rings. The summed E-state index contributed by atoms with van der Waals surface area (Å²) >= 11 is 0. The van der Waals surface area contributed by atoms with Gasteiger partial charge in [0.05, 0.1) is 7.11 Å². The van der Waals surface area contributed by atoms with E-state index in [0.29, 0.717) is 29.7 Å². The van der Waals surface area contributed by atoms with Crippen LogP contribution in [-0.4, -0.2) is 70.0 Å². The number of hydrogen-bond donors (Lipinski definition) is 2. The number of hydrogen-bond acceptors (Lipinski definition) is 5. The van der Waals surface area contributed by atoms with Crippen LogP contribution in [0.25, 0.3) is 0 Å². The van der Waals surface area contributed by atoms with Crippen LogP contribution in [0.2, 0.25) is 0 Å². The summed E-state index contributed by atoms with van der Waals surface area (Å²) in [4.78, 5) is 15.0. The van der Waals surface area contributed by atoms with Crippen molar-refractivity contribution < 1.29 is 31.1 Å². The Hall–Kier alpha value is -0.830. The largest absolute Gasteiger partial charge is 0.511 e. The van der Waals surface area contributed by atoms with E-state index >= 15 is 0 Å². The molecule has 0 radical (unpaired) electrons. The lowest BCUT2D eigenvalue weighted by molar-refractivity contribution is -0.140. The van der Waals surface area contributed by atoms with E-state index in [1.807, 2.05) is 0 Å². The number of ether oxygens (including phenoxy) is 1. The van der Waals surface area contributed by atoms with E-state index in [4.69, 9.17) is 0 Å². The molecule has 0 bridgehead atoms. The molecule has 1 heterocycles. The summed E-state index contributed by atoms with van der Waals surface area (Å²) in [6.07, 6.45) is 2.20. The number of aliphatic imine (C=N–C) groups is 1. The van der Waals surface area contributed by atoms with Crippen molar-refractivity contribution in [2.45, 2.75) is 43.7 Å². The van der Waals surface area contributed by atoms with E-state index < -0.39 is 15.5 Å². The van der Waals surface area contributed by atoms with Crippen molar-refractivity contribution in [2.75, 3.05) is 33.8 Å². The number of sulfonamides is 1. The maximum atomic E-state index is 12.6. The molecule has 1 fully saturated rings. The number of halogens is 4. The second kappa shape index (κ2) is 11.9. The third-order valence-corrected chi connectivity index (χ3v) is 5.61. The van der Waals surface area contributed by atoms with Gasteiger partial charge in [-0.05, 0) is 25.7 Å². The zero-order chi connectivity index (χ0) is 19.8. The number of nitrogens with zero attached hydrogens (tertiary/aromatic N) is 2. The molecule has 0 unspecified atom stereocenters. The van der Waals surface area contributed by atoms with Gasteiger partial charge in [0.15, 0.2) is 5.96 Å². The quantitative estimate of drug-likeness (QED) is 0.170. The number of guanidine groups is 1. The van der Waals surface area contributed by atoms with Crippen LogP contribution in [0, 0.1) is 0 Å². The first-order chi connectivity index (χ1) is 12.1. The van der Waals surface area contributed by atoms with E-state index in [9.17, 15) is 26.4 Å². The number of carbonyl (C=O) groups is 1. The van der Waals surface area contributed by atoms with Gasteiger partial charge in [-0.1, -0.05) is 0 Å². The van der Waals surface area contributed by atoms with Crippen LogP contribution in [0.15, 0.2) is 4.99 Å². The molecule has 27 heavy (non-hydrogen) atoms. The number of rotatable bonds is 7. The van der Waals surface area contributed by atoms with Gasteiger partial charge in [-0.25, -0.2) is 8.42 Å². The van der Waals surface area contributed by atoms with Crippen molar-refractivity contribution in [2.24, 2.45) is 4.99 Å². The molecule has 0 aliphatic carbocycles. The summed E-state index contributed by atoms with van der Waals surface area (Å²) in [6, 6.07) is -0.170. The second-order valence-electron chi connectivity index (χ2n) is 5.80. The monoisotopic (exact) mass is 530 g/mol. The first kappa shape index (κ1) is 26.2. The molecule has 0 saturated carbocycles. The molecule has 1 rings (SSSR count). The Bertz CT molecular complexity index is 594. The lowest BCUT2D eigenvalue weighted by Gasteiger charge is -2.32. The number of carbonyl (C=O) groups excluding carboxylic acids is 1.